The van der Waals surface area contributed by atoms with E-state index in [1.807, 2.05) is 31.2 Å². The van der Waals surface area contributed by atoms with E-state index in [1.165, 1.54) is 18.2 Å². The summed E-state index contributed by atoms with van der Waals surface area (Å²) in [7, 11) is 0. The molecule has 0 saturated carbocycles. The SMILES string of the molecule is Cc1ccc(-c2c(CN)c(CC(C)C)nc(C)c2C(=O)OCc2c(C(=O)O)cccc2C(=O)O)cc1. The van der Waals surface area contributed by atoms with Crippen molar-refractivity contribution in [3.8, 4) is 11.1 Å². The third kappa shape index (κ3) is 5.60. The number of pyridine rings is 1. The first-order chi connectivity index (χ1) is 17.0. The van der Waals surface area contributed by atoms with Gasteiger partial charge in [0.15, 0.2) is 0 Å². The van der Waals surface area contributed by atoms with Gasteiger partial charge in [0.2, 0.25) is 0 Å². The molecule has 8 heteroatoms. The number of carboxylic acids is 2. The highest BCUT2D eigenvalue weighted by Crippen LogP contribution is 2.33. The number of aromatic carboxylic acids is 2. The predicted molar refractivity (Wildman–Crippen MR) is 135 cm³/mol. The van der Waals surface area contributed by atoms with Gasteiger partial charge in [-0.3, -0.25) is 4.98 Å². The van der Waals surface area contributed by atoms with Gasteiger partial charge in [-0.05, 0) is 49.4 Å². The van der Waals surface area contributed by atoms with Crippen molar-refractivity contribution in [2.75, 3.05) is 0 Å². The van der Waals surface area contributed by atoms with Crippen LogP contribution < -0.4 is 5.73 Å². The lowest BCUT2D eigenvalue weighted by Gasteiger charge is -2.20. The Hall–Kier alpha value is -4.04. The average molecular weight is 491 g/mol. The van der Waals surface area contributed by atoms with Gasteiger partial charge in [0.25, 0.3) is 0 Å². The maximum absolute atomic E-state index is 13.5. The predicted octanol–water partition coefficient (Wildman–Crippen LogP) is 4.78. The normalized spacial score (nSPS) is 10.9. The van der Waals surface area contributed by atoms with Crippen LogP contribution in [0.2, 0.25) is 0 Å². The Kier molecular flexibility index (Phi) is 8.22. The smallest absolute Gasteiger partial charge is 0.340 e. The van der Waals surface area contributed by atoms with Crippen LogP contribution in [0.4, 0.5) is 0 Å². The molecule has 0 bridgehead atoms. The Morgan fingerprint density at radius 2 is 1.53 bits per heavy atom. The highest BCUT2D eigenvalue weighted by Gasteiger charge is 2.26. The number of carbonyl (C=O) groups excluding carboxylic acids is 1. The van der Waals surface area contributed by atoms with Gasteiger partial charge in [0, 0.05) is 23.4 Å². The zero-order chi connectivity index (χ0) is 26.6. The van der Waals surface area contributed by atoms with Crippen molar-refractivity contribution in [1.29, 1.82) is 0 Å². The van der Waals surface area contributed by atoms with Crippen molar-refractivity contribution < 1.29 is 29.3 Å². The van der Waals surface area contributed by atoms with E-state index in [0.717, 1.165) is 22.4 Å². The highest BCUT2D eigenvalue weighted by atomic mass is 16.5. The second kappa shape index (κ2) is 11.1. The summed E-state index contributed by atoms with van der Waals surface area (Å²) in [6, 6.07) is 11.6. The quantitative estimate of drug-likeness (QED) is 0.364. The number of hydrogen-bond acceptors (Lipinski definition) is 6. The zero-order valence-electron chi connectivity index (χ0n) is 20.8. The number of benzene rings is 2. The van der Waals surface area contributed by atoms with Gasteiger partial charge in [-0.1, -0.05) is 49.7 Å². The molecule has 0 radical (unpaired) electrons. The Balaban J connectivity index is 2.13. The molecule has 1 heterocycles. The van der Waals surface area contributed by atoms with Gasteiger partial charge >= 0.3 is 17.9 Å². The Labute approximate surface area is 209 Å². The molecule has 0 fully saturated rings. The van der Waals surface area contributed by atoms with Crippen molar-refractivity contribution in [2.45, 2.75) is 47.3 Å². The first kappa shape index (κ1) is 26.6. The Morgan fingerprint density at radius 3 is 2.03 bits per heavy atom. The van der Waals surface area contributed by atoms with Crippen molar-refractivity contribution in [3.05, 3.63) is 87.2 Å². The summed E-state index contributed by atoms with van der Waals surface area (Å²) in [6.07, 6.45) is 0.676. The molecule has 3 rings (SSSR count). The minimum atomic E-state index is -1.31. The van der Waals surface area contributed by atoms with Crippen molar-refractivity contribution in [1.82, 2.24) is 4.98 Å². The fourth-order valence-electron chi connectivity index (χ4n) is 4.22. The summed E-state index contributed by atoms with van der Waals surface area (Å²) in [4.78, 5) is 41.5. The highest BCUT2D eigenvalue weighted by molar-refractivity contribution is 6.00. The molecule has 4 N–H and O–H groups in total. The molecule has 1 aromatic heterocycles. The van der Waals surface area contributed by atoms with E-state index < -0.39 is 24.5 Å². The second-order valence-electron chi connectivity index (χ2n) is 9.06. The monoisotopic (exact) mass is 490 g/mol. The molecule has 188 valence electrons. The number of ether oxygens (including phenoxy) is 1. The first-order valence-electron chi connectivity index (χ1n) is 11.6. The number of nitrogens with zero attached hydrogens (tertiary/aromatic N) is 1. The maximum atomic E-state index is 13.5. The zero-order valence-corrected chi connectivity index (χ0v) is 20.8. The van der Waals surface area contributed by atoms with E-state index in [2.05, 4.69) is 18.8 Å². The fraction of sp³-hybridized carbons (Fsp3) is 0.286. The van der Waals surface area contributed by atoms with Crippen LogP contribution in [0.15, 0.2) is 42.5 Å². The summed E-state index contributed by atoms with van der Waals surface area (Å²) in [5, 5.41) is 19.1. The molecule has 2 aromatic carbocycles. The second-order valence-corrected chi connectivity index (χ2v) is 9.06. The Morgan fingerprint density at radius 1 is 0.944 bits per heavy atom. The van der Waals surface area contributed by atoms with E-state index in [4.69, 9.17) is 10.5 Å². The number of rotatable bonds is 9. The lowest BCUT2D eigenvalue weighted by molar-refractivity contribution is 0.0458. The third-order valence-electron chi connectivity index (χ3n) is 5.90. The molecule has 0 atom stereocenters. The first-order valence-corrected chi connectivity index (χ1v) is 11.6. The number of hydrogen-bond donors (Lipinski definition) is 3. The van der Waals surface area contributed by atoms with Crippen LogP contribution in [0.3, 0.4) is 0 Å². The lowest BCUT2D eigenvalue weighted by atomic mass is 9.89. The van der Waals surface area contributed by atoms with Crippen molar-refractivity contribution >= 4 is 17.9 Å². The molecule has 0 unspecified atom stereocenters. The van der Waals surface area contributed by atoms with Gasteiger partial charge in [0.1, 0.15) is 6.61 Å². The van der Waals surface area contributed by atoms with Crippen LogP contribution in [-0.2, 0) is 24.3 Å². The van der Waals surface area contributed by atoms with Gasteiger partial charge in [0.05, 0.1) is 22.4 Å². The molecule has 0 spiro atoms. The van der Waals surface area contributed by atoms with Crippen molar-refractivity contribution in [3.63, 3.8) is 0 Å². The summed E-state index contributed by atoms with van der Waals surface area (Å²) < 4.78 is 5.54. The molecule has 0 amide bonds. The van der Waals surface area contributed by atoms with Crippen LogP contribution in [0.25, 0.3) is 11.1 Å². The van der Waals surface area contributed by atoms with E-state index in [9.17, 15) is 24.6 Å². The number of nitrogens with two attached hydrogens (primary N) is 1. The molecule has 36 heavy (non-hydrogen) atoms. The minimum Gasteiger partial charge on any atom is -0.478 e. The van der Waals surface area contributed by atoms with Gasteiger partial charge in [-0.15, -0.1) is 0 Å². The number of carboxylic acid groups (broad SMARTS) is 2. The van der Waals surface area contributed by atoms with Gasteiger partial charge in [-0.2, -0.15) is 0 Å². The molecule has 0 saturated heterocycles. The largest absolute Gasteiger partial charge is 0.478 e. The number of aromatic nitrogens is 1. The summed E-state index contributed by atoms with van der Waals surface area (Å²) in [6.45, 7) is 7.46. The Bertz CT molecular complexity index is 1280. The van der Waals surface area contributed by atoms with Gasteiger partial charge in [-0.25, -0.2) is 14.4 Å². The van der Waals surface area contributed by atoms with E-state index in [-0.39, 0.29) is 28.8 Å². The van der Waals surface area contributed by atoms with Crippen LogP contribution in [0, 0.1) is 19.8 Å². The summed E-state index contributed by atoms with van der Waals surface area (Å²) in [5.41, 5.74) is 10.2. The van der Waals surface area contributed by atoms with Crippen LogP contribution in [0.1, 0.15) is 73.0 Å². The van der Waals surface area contributed by atoms with E-state index >= 15 is 0 Å². The molecule has 3 aromatic rings. The topological polar surface area (TPSA) is 140 Å². The van der Waals surface area contributed by atoms with Crippen molar-refractivity contribution in [2.24, 2.45) is 11.7 Å². The van der Waals surface area contributed by atoms with E-state index in [1.54, 1.807) is 6.92 Å². The van der Waals surface area contributed by atoms with Crippen LogP contribution >= 0.6 is 0 Å². The third-order valence-corrected chi connectivity index (χ3v) is 5.90. The van der Waals surface area contributed by atoms with Gasteiger partial charge < -0.3 is 20.7 Å². The summed E-state index contributed by atoms with van der Waals surface area (Å²) >= 11 is 0. The lowest BCUT2D eigenvalue weighted by Crippen LogP contribution is -2.18. The minimum absolute atomic E-state index is 0.0937. The molecular weight excluding hydrogens is 460 g/mol. The number of carbonyl (C=O) groups is 3. The average Bonchev–Trinajstić information content (AvgIpc) is 2.81. The maximum Gasteiger partial charge on any atom is 0.340 e. The van der Waals surface area contributed by atoms with Crippen LogP contribution in [0.5, 0.6) is 0 Å². The fourth-order valence-corrected chi connectivity index (χ4v) is 4.22. The molecule has 0 aliphatic rings. The van der Waals surface area contributed by atoms with E-state index in [0.29, 0.717) is 23.6 Å². The van der Waals surface area contributed by atoms with Crippen LogP contribution in [-0.4, -0.2) is 33.1 Å². The molecule has 0 aliphatic heterocycles. The summed E-state index contributed by atoms with van der Waals surface area (Å²) in [5.74, 6) is -3.05. The standard InChI is InChI=1S/C28H30N2O6/c1-15(2)12-23-21(13-29)25(18-10-8-16(3)9-11-18)24(17(4)30-23)28(35)36-14-22-19(26(31)32)6-5-7-20(22)27(33)34/h5-11,15H,12-14,29H2,1-4H3,(H,31,32)(H,33,34). The molecule has 8 nitrogen and oxygen atoms in total. The molecular formula is C28H30N2O6. The number of esters is 1. The number of aryl methyl sites for hydroxylation is 2. The molecule has 0 aliphatic carbocycles.